The molecular formula is C14H28N2. The highest BCUT2D eigenvalue weighted by molar-refractivity contribution is 4.87. The fourth-order valence-electron chi connectivity index (χ4n) is 2.59. The van der Waals surface area contributed by atoms with Crippen molar-refractivity contribution in [3.8, 4) is 0 Å². The lowest BCUT2D eigenvalue weighted by Crippen LogP contribution is -2.56. The quantitative estimate of drug-likeness (QED) is 0.698. The van der Waals surface area contributed by atoms with Gasteiger partial charge in [-0.15, -0.1) is 6.58 Å². The van der Waals surface area contributed by atoms with Crippen molar-refractivity contribution in [1.29, 1.82) is 0 Å². The Balaban J connectivity index is 2.44. The topological polar surface area (TPSA) is 15.3 Å². The summed E-state index contributed by atoms with van der Waals surface area (Å²) in [4.78, 5) is 2.64. The van der Waals surface area contributed by atoms with Crippen molar-refractivity contribution < 1.29 is 0 Å². The van der Waals surface area contributed by atoms with Crippen molar-refractivity contribution in [3.05, 3.63) is 12.7 Å². The summed E-state index contributed by atoms with van der Waals surface area (Å²) < 4.78 is 0. The molecule has 2 heteroatoms. The van der Waals surface area contributed by atoms with E-state index in [1.54, 1.807) is 0 Å². The van der Waals surface area contributed by atoms with Crippen LogP contribution in [0, 0.1) is 5.92 Å². The third-order valence-electron chi connectivity index (χ3n) is 3.46. The summed E-state index contributed by atoms with van der Waals surface area (Å²) in [6.45, 7) is 14.3. The van der Waals surface area contributed by atoms with E-state index in [0.29, 0.717) is 6.04 Å². The fraction of sp³-hybridized carbons (Fsp3) is 0.857. The highest BCUT2D eigenvalue weighted by atomic mass is 15.2. The monoisotopic (exact) mass is 224 g/mol. The lowest BCUT2D eigenvalue weighted by atomic mass is 9.99. The highest BCUT2D eigenvalue weighted by Crippen LogP contribution is 2.15. The van der Waals surface area contributed by atoms with Gasteiger partial charge in [-0.25, -0.2) is 0 Å². The van der Waals surface area contributed by atoms with Crippen LogP contribution in [0.5, 0.6) is 0 Å². The third-order valence-corrected chi connectivity index (χ3v) is 3.46. The van der Waals surface area contributed by atoms with Gasteiger partial charge < -0.3 is 5.32 Å². The van der Waals surface area contributed by atoms with Gasteiger partial charge in [-0.1, -0.05) is 26.8 Å². The molecule has 16 heavy (non-hydrogen) atoms. The Bertz CT molecular complexity index is 201. The Kier molecular flexibility index (Phi) is 6.07. The number of hydrogen-bond acceptors (Lipinski definition) is 2. The van der Waals surface area contributed by atoms with Crippen LogP contribution in [0.25, 0.3) is 0 Å². The average Bonchev–Trinajstić information content (AvgIpc) is 2.25. The van der Waals surface area contributed by atoms with Gasteiger partial charge in [0, 0.05) is 31.7 Å². The predicted molar refractivity (Wildman–Crippen MR) is 71.7 cm³/mol. The van der Waals surface area contributed by atoms with E-state index in [1.807, 2.05) is 6.08 Å². The molecule has 0 aromatic heterocycles. The number of piperazine rings is 1. The molecule has 0 saturated carbocycles. The molecular weight excluding hydrogens is 196 g/mol. The molecule has 1 aliphatic rings. The smallest absolute Gasteiger partial charge is 0.0218 e. The van der Waals surface area contributed by atoms with Crippen LogP contribution in [0.3, 0.4) is 0 Å². The molecule has 2 atom stereocenters. The van der Waals surface area contributed by atoms with Crippen LogP contribution in [0.4, 0.5) is 0 Å². The van der Waals surface area contributed by atoms with Gasteiger partial charge in [-0.2, -0.15) is 0 Å². The predicted octanol–water partition coefficient (Wildman–Crippen LogP) is 2.66. The van der Waals surface area contributed by atoms with Gasteiger partial charge in [0.1, 0.15) is 0 Å². The second-order valence-electron chi connectivity index (χ2n) is 5.37. The first-order chi connectivity index (χ1) is 7.67. The summed E-state index contributed by atoms with van der Waals surface area (Å²) in [5.41, 5.74) is 0. The molecule has 1 rings (SSSR count). The molecule has 0 radical (unpaired) electrons. The second-order valence-corrected chi connectivity index (χ2v) is 5.37. The molecule has 94 valence electrons. The zero-order valence-electron chi connectivity index (χ0n) is 11.2. The van der Waals surface area contributed by atoms with E-state index in [1.165, 1.54) is 25.9 Å². The van der Waals surface area contributed by atoms with Gasteiger partial charge >= 0.3 is 0 Å². The van der Waals surface area contributed by atoms with Gasteiger partial charge in [0.25, 0.3) is 0 Å². The lowest BCUT2D eigenvalue weighted by molar-refractivity contribution is 0.121. The first kappa shape index (κ1) is 13.7. The Morgan fingerprint density at radius 3 is 2.81 bits per heavy atom. The van der Waals surface area contributed by atoms with Crippen LogP contribution in [-0.4, -0.2) is 36.6 Å². The molecule has 1 aliphatic heterocycles. The van der Waals surface area contributed by atoms with Crippen molar-refractivity contribution in [3.63, 3.8) is 0 Å². The van der Waals surface area contributed by atoms with Gasteiger partial charge in [0.15, 0.2) is 0 Å². The minimum absolute atomic E-state index is 0.688. The van der Waals surface area contributed by atoms with E-state index < -0.39 is 0 Å². The standard InChI is InChI=1S/C14H28N2/c1-5-7-8-16-11-13(9-12(3)4)15-10-14(16)6-2/h5,12-15H,1,6-11H2,2-4H3. The van der Waals surface area contributed by atoms with E-state index >= 15 is 0 Å². The van der Waals surface area contributed by atoms with Crippen LogP contribution in [0.15, 0.2) is 12.7 Å². The molecule has 1 fully saturated rings. The van der Waals surface area contributed by atoms with Gasteiger partial charge in [0.2, 0.25) is 0 Å². The number of nitrogens with zero attached hydrogens (tertiary/aromatic N) is 1. The normalized spacial score (nSPS) is 27.2. The van der Waals surface area contributed by atoms with Gasteiger partial charge in [0.05, 0.1) is 0 Å². The fourth-order valence-corrected chi connectivity index (χ4v) is 2.59. The summed E-state index contributed by atoms with van der Waals surface area (Å²) in [6, 6.07) is 1.41. The number of rotatable bonds is 6. The Labute approximate surface area is 101 Å². The van der Waals surface area contributed by atoms with Crippen LogP contribution < -0.4 is 5.32 Å². The molecule has 0 bridgehead atoms. The van der Waals surface area contributed by atoms with Gasteiger partial charge in [-0.3, -0.25) is 4.90 Å². The summed E-state index contributed by atoms with van der Waals surface area (Å²) in [5.74, 6) is 0.789. The summed E-state index contributed by atoms with van der Waals surface area (Å²) >= 11 is 0. The van der Waals surface area contributed by atoms with Crippen molar-refractivity contribution in [2.75, 3.05) is 19.6 Å². The van der Waals surface area contributed by atoms with Crippen LogP contribution in [0.1, 0.15) is 40.0 Å². The molecule has 0 amide bonds. The minimum Gasteiger partial charge on any atom is -0.311 e. The minimum atomic E-state index is 0.688. The lowest BCUT2D eigenvalue weighted by Gasteiger charge is -2.40. The molecule has 1 heterocycles. The maximum absolute atomic E-state index is 3.82. The van der Waals surface area contributed by atoms with Crippen molar-refractivity contribution in [1.82, 2.24) is 10.2 Å². The molecule has 2 nitrogen and oxygen atoms in total. The zero-order valence-corrected chi connectivity index (χ0v) is 11.2. The van der Waals surface area contributed by atoms with Crippen molar-refractivity contribution in [2.45, 2.75) is 52.1 Å². The summed E-state index contributed by atoms with van der Waals surface area (Å²) in [6.07, 6.45) is 5.69. The largest absolute Gasteiger partial charge is 0.311 e. The molecule has 0 aliphatic carbocycles. The maximum atomic E-state index is 3.82. The maximum Gasteiger partial charge on any atom is 0.0218 e. The van der Waals surface area contributed by atoms with E-state index in [0.717, 1.165) is 24.9 Å². The Hall–Kier alpha value is -0.340. The average molecular weight is 224 g/mol. The van der Waals surface area contributed by atoms with E-state index in [2.05, 4.69) is 37.6 Å². The first-order valence-corrected chi connectivity index (χ1v) is 6.75. The number of nitrogens with one attached hydrogen (secondary N) is 1. The second kappa shape index (κ2) is 7.08. The summed E-state index contributed by atoms with van der Waals surface area (Å²) in [7, 11) is 0. The van der Waals surface area contributed by atoms with Crippen LogP contribution in [-0.2, 0) is 0 Å². The van der Waals surface area contributed by atoms with E-state index in [-0.39, 0.29) is 0 Å². The molecule has 1 N–H and O–H groups in total. The molecule has 1 saturated heterocycles. The third kappa shape index (κ3) is 4.26. The van der Waals surface area contributed by atoms with Crippen molar-refractivity contribution in [2.24, 2.45) is 5.92 Å². The van der Waals surface area contributed by atoms with Crippen LogP contribution in [0.2, 0.25) is 0 Å². The van der Waals surface area contributed by atoms with Crippen LogP contribution >= 0.6 is 0 Å². The Morgan fingerprint density at radius 2 is 2.25 bits per heavy atom. The molecule has 2 unspecified atom stereocenters. The highest BCUT2D eigenvalue weighted by Gasteiger charge is 2.26. The van der Waals surface area contributed by atoms with Crippen molar-refractivity contribution >= 4 is 0 Å². The van der Waals surface area contributed by atoms with E-state index in [9.17, 15) is 0 Å². The molecule has 0 aromatic rings. The molecule has 0 spiro atoms. The SMILES string of the molecule is C=CCCN1CC(CC(C)C)NCC1CC. The van der Waals surface area contributed by atoms with Gasteiger partial charge in [-0.05, 0) is 25.2 Å². The number of hydrogen-bond donors (Lipinski definition) is 1. The summed E-state index contributed by atoms with van der Waals surface area (Å²) in [5, 5.41) is 3.69. The Morgan fingerprint density at radius 1 is 1.50 bits per heavy atom. The first-order valence-electron chi connectivity index (χ1n) is 6.75. The van der Waals surface area contributed by atoms with E-state index in [4.69, 9.17) is 0 Å². The zero-order chi connectivity index (χ0) is 12.0. The molecule has 0 aromatic carbocycles.